The molecule has 140 valence electrons. The zero-order chi connectivity index (χ0) is 18.1. The third kappa shape index (κ3) is 3.13. The first-order valence-electron chi connectivity index (χ1n) is 9.91. The summed E-state index contributed by atoms with van der Waals surface area (Å²) < 4.78 is 0. The Labute approximate surface area is 159 Å². The number of benzene rings is 1. The molecular formula is C20H27N3O2S. The number of nitrogens with zero attached hydrogens (tertiary/aromatic N) is 3. The predicted molar refractivity (Wildman–Crippen MR) is 107 cm³/mol. The summed E-state index contributed by atoms with van der Waals surface area (Å²) in [5.41, 5.74) is 2.33. The standard InChI is InChI=1S/C20H27N3O2S/c1-2-15-13-17(23(24)25)9-10-18(15)21-19-22(16-7-3-4-8-16)20(14-26-19)11-5-6-12-20/h9-10,13,16H,2-8,11-12,14H2,1H3. The summed E-state index contributed by atoms with van der Waals surface area (Å²) in [6.07, 6.45) is 11.2. The second-order valence-corrected chi connectivity index (χ2v) is 8.79. The van der Waals surface area contributed by atoms with Crippen LogP contribution in [0.1, 0.15) is 63.9 Å². The van der Waals surface area contributed by atoms with Gasteiger partial charge in [-0.25, -0.2) is 4.99 Å². The number of rotatable bonds is 4. The van der Waals surface area contributed by atoms with Crippen LogP contribution in [-0.4, -0.2) is 32.3 Å². The topological polar surface area (TPSA) is 58.7 Å². The van der Waals surface area contributed by atoms with Crippen LogP contribution in [0.15, 0.2) is 23.2 Å². The van der Waals surface area contributed by atoms with Gasteiger partial charge in [0.05, 0.1) is 16.1 Å². The van der Waals surface area contributed by atoms with E-state index in [1.165, 1.54) is 51.4 Å². The van der Waals surface area contributed by atoms with Gasteiger partial charge in [0, 0.05) is 23.9 Å². The van der Waals surface area contributed by atoms with Gasteiger partial charge in [-0.05, 0) is 43.7 Å². The summed E-state index contributed by atoms with van der Waals surface area (Å²) in [6, 6.07) is 5.73. The number of nitro benzene ring substituents is 1. The molecule has 1 aromatic rings. The number of aryl methyl sites for hydroxylation is 1. The Morgan fingerprint density at radius 3 is 2.65 bits per heavy atom. The number of aliphatic imine (C=N–C) groups is 1. The first-order valence-corrected chi connectivity index (χ1v) is 10.9. The second kappa shape index (κ2) is 7.22. The van der Waals surface area contributed by atoms with Crippen molar-refractivity contribution in [3.05, 3.63) is 33.9 Å². The van der Waals surface area contributed by atoms with Crippen LogP contribution in [0, 0.1) is 10.1 Å². The van der Waals surface area contributed by atoms with Gasteiger partial charge in [-0.1, -0.05) is 44.4 Å². The molecule has 2 aliphatic carbocycles. The van der Waals surface area contributed by atoms with Crippen molar-refractivity contribution in [3.8, 4) is 0 Å². The quantitative estimate of drug-likeness (QED) is 0.520. The molecule has 0 unspecified atom stereocenters. The van der Waals surface area contributed by atoms with Crippen LogP contribution in [0.25, 0.3) is 0 Å². The van der Waals surface area contributed by atoms with Crippen LogP contribution in [0.4, 0.5) is 11.4 Å². The van der Waals surface area contributed by atoms with Crippen molar-refractivity contribution in [1.29, 1.82) is 0 Å². The first kappa shape index (κ1) is 17.8. The number of thioether (sulfide) groups is 1. The van der Waals surface area contributed by atoms with Crippen LogP contribution in [0.3, 0.4) is 0 Å². The molecule has 6 heteroatoms. The van der Waals surface area contributed by atoms with Gasteiger partial charge >= 0.3 is 0 Å². The molecule has 0 radical (unpaired) electrons. The van der Waals surface area contributed by atoms with E-state index in [0.717, 1.165) is 28.6 Å². The van der Waals surface area contributed by atoms with Gasteiger partial charge in [0.2, 0.25) is 0 Å². The Kier molecular flexibility index (Phi) is 4.95. The van der Waals surface area contributed by atoms with E-state index >= 15 is 0 Å². The number of nitro groups is 1. The van der Waals surface area contributed by atoms with E-state index in [4.69, 9.17) is 4.99 Å². The average Bonchev–Trinajstić information content (AvgIpc) is 3.38. The minimum Gasteiger partial charge on any atom is -0.342 e. The highest BCUT2D eigenvalue weighted by molar-refractivity contribution is 8.14. The second-order valence-electron chi connectivity index (χ2n) is 7.85. The first-order chi connectivity index (χ1) is 12.6. The summed E-state index contributed by atoms with van der Waals surface area (Å²) in [6.45, 7) is 2.04. The van der Waals surface area contributed by atoms with Crippen LogP contribution < -0.4 is 0 Å². The van der Waals surface area contributed by atoms with Crippen LogP contribution in [0.2, 0.25) is 0 Å². The van der Waals surface area contributed by atoms with Crippen LogP contribution in [-0.2, 0) is 6.42 Å². The molecule has 1 aliphatic heterocycles. The van der Waals surface area contributed by atoms with Gasteiger partial charge < -0.3 is 4.90 Å². The van der Waals surface area contributed by atoms with E-state index in [0.29, 0.717) is 11.6 Å². The van der Waals surface area contributed by atoms with Gasteiger partial charge in [-0.2, -0.15) is 0 Å². The minimum atomic E-state index is -0.321. The van der Waals surface area contributed by atoms with Crippen molar-refractivity contribution < 1.29 is 4.92 Å². The Morgan fingerprint density at radius 1 is 1.27 bits per heavy atom. The van der Waals surface area contributed by atoms with Gasteiger partial charge in [-0.3, -0.25) is 10.1 Å². The molecular weight excluding hydrogens is 346 g/mol. The molecule has 2 saturated carbocycles. The van der Waals surface area contributed by atoms with Crippen molar-refractivity contribution in [1.82, 2.24) is 4.90 Å². The molecule has 5 nitrogen and oxygen atoms in total. The lowest BCUT2D eigenvalue weighted by Crippen LogP contribution is -2.50. The molecule has 0 N–H and O–H groups in total. The van der Waals surface area contributed by atoms with E-state index in [2.05, 4.69) is 4.90 Å². The molecule has 0 bridgehead atoms. The molecule has 26 heavy (non-hydrogen) atoms. The molecule has 4 rings (SSSR count). The van der Waals surface area contributed by atoms with Gasteiger partial charge in [-0.15, -0.1) is 0 Å². The fourth-order valence-corrected chi connectivity index (χ4v) is 6.40. The zero-order valence-corrected chi connectivity index (χ0v) is 16.3. The minimum absolute atomic E-state index is 0.157. The lowest BCUT2D eigenvalue weighted by molar-refractivity contribution is -0.384. The molecule has 1 spiro atoms. The number of non-ortho nitro benzene ring substituents is 1. The fraction of sp³-hybridized carbons (Fsp3) is 0.650. The molecule has 3 fully saturated rings. The SMILES string of the molecule is CCc1cc([N+](=O)[O-])ccc1N=C1SCC2(CCCC2)N1C1CCCC1. The third-order valence-corrected chi connectivity index (χ3v) is 7.51. The predicted octanol–water partition coefficient (Wildman–Crippen LogP) is 5.45. The van der Waals surface area contributed by atoms with Gasteiger partial charge in [0.25, 0.3) is 5.69 Å². The van der Waals surface area contributed by atoms with Crippen molar-refractivity contribution in [2.75, 3.05) is 5.75 Å². The average molecular weight is 374 g/mol. The number of hydrogen-bond donors (Lipinski definition) is 0. The van der Waals surface area contributed by atoms with Crippen molar-refractivity contribution in [2.24, 2.45) is 4.99 Å². The highest BCUT2D eigenvalue weighted by atomic mass is 32.2. The fourth-order valence-electron chi connectivity index (χ4n) is 4.93. The lowest BCUT2D eigenvalue weighted by Gasteiger charge is -2.40. The maximum atomic E-state index is 11.1. The lowest BCUT2D eigenvalue weighted by atomic mass is 9.95. The number of amidine groups is 1. The molecule has 1 aromatic carbocycles. The Bertz CT molecular complexity index is 722. The van der Waals surface area contributed by atoms with Crippen molar-refractivity contribution in [3.63, 3.8) is 0 Å². The molecule has 0 atom stereocenters. The van der Waals surface area contributed by atoms with Crippen molar-refractivity contribution in [2.45, 2.75) is 76.3 Å². The third-order valence-electron chi connectivity index (χ3n) is 6.28. The van der Waals surface area contributed by atoms with E-state index in [1.807, 2.05) is 24.8 Å². The van der Waals surface area contributed by atoms with E-state index in [1.54, 1.807) is 12.1 Å². The molecule has 1 heterocycles. The van der Waals surface area contributed by atoms with Gasteiger partial charge in [0.1, 0.15) is 0 Å². The van der Waals surface area contributed by atoms with Crippen LogP contribution >= 0.6 is 11.8 Å². The largest absolute Gasteiger partial charge is 0.342 e. The molecule has 3 aliphatic rings. The van der Waals surface area contributed by atoms with E-state index < -0.39 is 0 Å². The van der Waals surface area contributed by atoms with E-state index in [9.17, 15) is 10.1 Å². The smallest absolute Gasteiger partial charge is 0.269 e. The maximum absolute atomic E-state index is 11.1. The summed E-state index contributed by atoms with van der Waals surface area (Å²) in [5.74, 6) is 1.15. The Balaban J connectivity index is 1.70. The van der Waals surface area contributed by atoms with Gasteiger partial charge in [0.15, 0.2) is 5.17 Å². The summed E-state index contributed by atoms with van der Waals surface area (Å²) in [5, 5.41) is 12.2. The monoisotopic (exact) mass is 373 g/mol. The molecule has 0 aromatic heterocycles. The molecule has 0 amide bonds. The van der Waals surface area contributed by atoms with Crippen molar-refractivity contribution >= 4 is 28.3 Å². The summed E-state index contributed by atoms with van der Waals surface area (Å²) >= 11 is 1.90. The Hall–Kier alpha value is -1.56. The molecule has 1 saturated heterocycles. The summed E-state index contributed by atoms with van der Waals surface area (Å²) in [7, 11) is 0. The number of hydrogen-bond acceptors (Lipinski definition) is 4. The highest BCUT2D eigenvalue weighted by Crippen LogP contribution is 2.48. The van der Waals surface area contributed by atoms with Crippen LogP contribution in [0.5, 0.6) is 0 Å². The normalized spacial score (nSPS) is 24.2. The maximum Gasteiger partial charge on any atom is 0.269 e. The highest BCUT2D eigenvalue weighted by Gasteiger charge is 2.49. The van der Waals surface area contributed by atoms with E-state index in [-0.39, 0.29) is 10.6 Å². The zero-order valence-electron chi connectivity index (χ0n) is 15.4. The Morgan fingerprint density at radius 2 is 2.00 bits per heavy atom. The summed E-state index contributed by atoms with van der Waals surface area (Å²) in [4.78, 5) is 18.5.